The van der Waals surface area contributed by atoms with Crippen LogP contribution in [-0.2, 0) is 14.8 Å². The van der Waals surface area contributed by atoms with Crippen molar-refractivity contribution in [2.24, 2.45) is 5.14 Å². The molecule has 28 heavy (non-hydrogen) atoms. The maximum Gasteiger partial charge on any atom is 0.295 e. The van der Waals surface area contributed by atoms with Gasteiger partial charge in [0.2, 0.25) is 10.0 Å². The number of benzene rings is 2. The molecule has 0 bridgehead atoms. The van der Waals surface area contributed by atoms with E-state index >= 15 is 0 Å². The second kappa shape index (κ2) is 8.05. The number of anilines is 1. The lowest BCUT2D eigenvalue weighted by Gasteiger charge is -2.14. The molecule has 2 aromatic carbocycles. The molecule has 0 spiro atoms. The van der Waals surface area contributed by atoms with Crippen molar-refractivity contribution in [2.75, 3.05) is 19.1 Å². The number of amides is 2. The maximum atomic E-state index is 12.5. The van der Waals surface area contributed by atoms with E-state index < -0.39 is 21.2 Å². The van der Waals surface area contributed by atoms with E-state index in [0.29, 0.717) is 16.3 Å². The molecular weight excluding hydrogens is 402 g/mol. The Morgan fingerprint density at radius 2 is 1.75 bits per heavy atom. The zero-order valence-corrected chi connectivity index (χ0v) is 16.4. The van der Waals surface area contributed by atoms with Crippen molar-refractivity contribution >= 4 is 44.7 Å². The first-order chi connectivity index (χ1) is 13.3. The van der Waals surface area contributed by atoms with Crippen LogP contribution in [0.5, 0.6) is 5.75 Å². The van der Waals surface area contributed by atoms with E-state index in [0.717, 1.165) is 22.2 Å². The van der Waals surface area contributed by atoms with Crippen molar-refractivity contribution in [3.05, 3.63) is 59.0 Å². The van der Waals surface area contributed by atoms with Crippen LogP contribution >= 0.6 is 11.8 Å². The zero-order chi connectivity index (χ0) is 20.3. The van der Waals surface area contributed by atoms with Crippen molar-refractivity contribution in [3.8, 4) is 5.75 Å². The molecule has 1 heterocycles. The minimum atomic E-state index is -3.77. The normalized spacial score (nSPS) is 15.9. The van der Waals surface area contributed by atoms with E-state index in [1.165, 1.54) is 24.3 Å². The van der Waals surface area contributed by atoms with Gasteiger partial charge in [0.1, 0.15) is 5.75 Å². The molecule has 1 fully saturated rings. The van der Waals surface area contributed by atoms with E-state index in [2.05, 4.69) is 5.32 Å². The fourth-order valence-corrected chi connectivity index (χ4v) is 3.77. The summed E-state index contributed by atoms with van der Waals surface area (Å²) in [6.45, 7) is -0.0423. The van der Waals surface area contributed by atoms with E-state index in [1.807, 2.05) is 0 Å². The quantitative estimate of drug-likeness (QED) is 0.690. The van der Waals surface area contributed by atoms with Crippen molar-refractivity contribution in [3.63, 3.8) is 0 Å². The first-order valence-electron chi connectivity index (χ1n) is 8.04. The van der Waals surface area contributed by atoms with Crippen molar-refractivity contribution < 1.29 is 22.7 Å². The summed E-state index contributed by atoms with van der Waals surface area (Å²) in [5.41, 5.74) is 1.32. The van der Waals surface area contributed by atoms with E-state index in [-0.39, 0.29) is 11.6 Å². The summed E-state index contributed by atoms with van der Waals surface area (Å²) in [6, 6.07) is 12.8. The molecule has 1 saturated heterocycles. The van der Waals surface area contributed by atoms with Gasteiger partial charge < -0.3 is 10.1 Å². The molecule has 2 aromatic rings. The van der Waals surface area contributed by atoms with Crippen LogP contribution < -0.4 is 15.2 Å². The Morgan fingerprint density at radius 1 is 1.11 bits per heavy atom. The molecule has 146 valence electrons. The van der Waals surface area contributed by atoms with Gasteiger partial charge in [-0.3, -0.25) is 14.5 Å². The number of rotatable bonds is 6. The number of hydrogen-bond acceptors (Lipinski definition) is 7. The van der Waals surface area contributed by atoms with Gasteiger partial charge in [0.15, 0.2) is 0 Å². The van der Waals surface area contributed by atoms with Gasteiger partial charge in [0, 0.05) is 5.69 Å². The highest BCUT2D eigenvalue weighted by Crippen LogP contribution is 2.32. The topological polar surface area (TPSA) is 119 Å². The summed E-state index contributed by atoms with van der Waals surface area (Å²) in [4.78, 5) is 26.0. The number of nitrogens with one attached hydrogen (secondary N) is 1. The van der Waals surface area contributed by atoms with Gasteiger partial charge in [-0.1, -0.05) is 12.1 Å². The van der Waals surface area contributed by atoms with Crippen LogP contribution in [0, 0.1) is 0 Å². The molecule has 10 heteroatoms. The maximum absolute atomic E-state index is 12.5. The number of hydrogen-bond donors (Lipinski definition) is 2. The molecule has 0 atom stereocenters. The minimum absolute atomic E-state index is 0.0216. The third kappa shape index (κ3) is 4.53. The minimum Gasteiger partial charge on any atom is -0.497 e. The second-order valence-corrected chi connectivity index (χ2v) is 8.34. The molecule has 1 aliphatic rings. The Hall–Kier alpha value is -2.82. The number of nitrogens with two attached hydrogens (primary N) is 1. The Bertz CT molecular complexity index is 1030. The molecule has 2 amide bonds. The van der Waals surface area contributed by atoms with Crippen LogP contribution in [0.2, 0.25) is 0 Å². The summed E-state index contributed by atoms with van der Waals surface area (Å²) in [6.07, 6.45) is 1.64. The van der Waals surface area contributed by atoms with Gasteiger partial charge in [-0.05, 0) is 59.8 Å². The van der Waals surface area contributed by atoms with Gasteiger partial charge in [-0.15, -0.1) is 0 Å². The molecular formula is C18H17N3O5S2. The Kier molecular flexibility index (Phi) is 5.73. The van der Waals surface area contributed by atoms with Crippen molar-refractivity contribution in [2.45, 2.75) is 4.90 Å². The number of sulfonamides is 1. The average molecular weight is 419 g/mol. The number of thioether (sulfide) groups is 1. The predicted molar refractivity (Wildman–Crippen MR) is 107 cm³/mol. The standard InChI is InChI=1S/C18H17N3O5S2/c1-26-14-6-2-12(3-7-14)10-16-17(22)21(18(23)27-16)11-20-13-4-8-15(9-5-13)28(19,24)25/h2-10,20H,11H2,1H3,(H2,19,24,25)/b16-10-. The Morgan fingerprint density at radius 3 is 2.32 bits per heavy atom. The van der Waals surface area contributed by atoms with Crippen LogP contribution in [0.3, 0.4) is 0 Å². The Labute approximate surface area is 166 Å². The monoisotopic (exact) mass is 419 g/mol. The highest BCUT2D eigenvalue weighted by molar-refractivity contribution is 8.18. The zero-order valence-electron chi connectivity index (χ0n) is 14.8. The fraction of sp³-hybridized carbons (Fsp3) is 0.111. The predicted octanol–water partition coefficient (Wildman–Crippen LogP) is 2.45. The molecule has 1 aliphatic heterocycles. The summed E-state index contributed by atoms with van der Waals surface area (Å²) in [7, 11) is -2.21. The van der Waals surface area contributed by atoms with E-state index in [4.69, 9.17) is 9.88 Å². The lowest BCUT2D eigenvalue weighted by Crippen LogP contribution is -2.33. The smallest absolute Gasteiger partial charge is 0.295 e. The number of primary sulfonamides is 1. The van der Waals surface area contributed by atoms with Gasteiger partial charge in [-0.25, -0.2) is 13.6 Å². The molecule has 0 aliphatic carbocycles. The summed E-state index contributed by atoms with van der Waals surface area (Å²) in [5.74, 6) is 0.294. The third-order valence-corrected chi connectivity index (χ3v) is 5.75. The number of nitrogens with zero attached hydrogens (tertiary/aromatic N) is 1. The molecule has 3 N–H and O–H groups in total. The van der Waals surface area contributed by atoms with Crippen LogP contribution in [0.1, 0.15) is 5.56 Å². The molecule has 0 unspecified atom stereocenters. The molecule has 0 radical (unpaired) electrons. The van der Waals surface area contributed by atoms with Gasteiger partial charge >= 0.3 is 0 Å². The van der Waals surface area contributed by atoms with Crippen molar-refractivity contribution in [1.82, 2.24) is 4.90 Å². The van der Waals surface area contributed by atoms with Gasteiger partial charge in [0.05, 0.1) is 23.6 Å². The molecule has 0 saturated carbocycles. The number of ether oxygens (including phenoxy) is 1. The summed E-state index contributed by atoms with van der Waals surface area (Å²) in [5, 5.41) is 7.58. The van der Waals surface area contributed by atoms with E-state index in [9.17, 15) is 18.0 Å². The lowest BCUT2D eigenvalue weighted by molar-refractivity contribution is -0.122. The van der Waals surface area contributed by atoms with Gasteiger partial charge in [-0.2, -0.15) is 0 Å². The van der Waals surface area contributed by atoms with Crippen LogP contribution in [0.25, 0.3) is 6.08 Å². The first kappa shape index (κ1) is 19.9. The lowest BCUT2D eigenvalue weighted by atomic mass is 10.2. The summed E-state index contributed by atoms with van der Waals surface area (Å²) >= 11 is 0.859. The average Bonchev–Trinajstić information content (AvgIpc) is 2.93. The highest BCUT2D eigenvalue weighted by atomic mass is 32.2. The number of carbonyl (C=O) groups excluding carboxylic acids is 2. The SMILES string of the molecule is COc1ccc(/C=C2\SC(=O)N(CNc3ccc(S(N)(=O)=O)cc3)C2=O)cc1. The van der Waals surface area contributed by atoms with Crippen LogP contribution in [0.4, 0.5) is 10.5 Å². The fourth-order valence-electron chi connectivity index (χ4n) is 2.42. The second-order valence-electron chi connectivity index (χ2n) is 5.79. The Balaban J connectivity index is 1.67. The molecule has 0 aromatic heterocycles. The van der Waals surface area contributed by atoms with Crippen molar-refractivity contribution in [1.29, 1.82) is 0 Å². The number of methoxy groups -OCH3 is 1. The van der Waals surface area contributed by atoms with Gasteiger partial charge in [0.25, 0.3) is 11.1 Å². The van der Waals surface area contributed by atoms with Crippen LogP contribution in [0.15, 0.2) is 58.3 Å². The molecule has 3 rings (SSSR count). The largest absolute Gasteiger partial charge is 0.497 e. The number of carbonyl (C=O) groups is 2. The highest BCUT2D eigenvalue weighted by Gasteiger charge is 2.34. The third-order valence-electron chi connectivity index (χ3n) is 3.91. The molecule has 8 nitrogen and oxygen atoms in total. The first-order valence-corrected chi connectivity index (χ1v) is 10.4. The number of imide groups is 1. The summed E-state index contributed by atoms with van der Waals surface area (Å²) < 4.78 is 27.6. The van der Waals surface area contributed by atoms with E-state index in [1.54, 1.807) is 37.5 Å². The van der Waals surface area contributed by atoms with Crippen LogP contribution in [-0.4, -0.2) is 38.2 Å².